The molecule has 1 aliphatic carbocycles. The maximum absolute atomic E-state index is 3.62. The first-order valence-electron chi connectivity index (χ1n) is 7.29. The fourth-order valence-corrected chi connectivity index (χ4v) is 3.23. The molecule has 0 saturated heterocycles. The van der Waals surface area contributed by atoms with Crippen LogP contribution in [0.4, 0.5) is 0 Å². The molecule has 1 heteroatoms. The zero-order valence-electron chi connectivity index (χ0n) is 11.8. The van der Waals surface area contributed by atoms with Gasteiger partial charge >= 0.3 is 0 Å². The smallest absolute Gasteiger partial charge is 0.00179 e. The third-order valence-corrected chi connectivity index (χ3v) is 4.17. The molecule has 96 valence electrons. The Hall–Kier alpha value is -0.0400. The molecule has 1 aliphatic rings. The third-order valence-electron chi connectivity index (χ3n) is 4.17. The van der Waals surface area contributed by atoms with Gasteiger partial charge in [0.1, 0.15) is 0 Å². The van der Waals surface area contributed by atoms with E-state index in [0.29, 0.717) is 5.41 Å². The molecule has 1 N–H and O–H groups in total. The van der Waals surface area contributed by atoms with Crippen molar-refractivity contribution in [3.8, 4) is 0 Å². The maximum atomic E-state index is 3.62. The van der Waals surface area contributed by atoms with Crippen LogP contribution in [0.1, 0.15) is 66.2 Å². The second kappa shape index (κ2) is 6.64. The molecular formula is C15H31N. The molecule has 0 aliphatic heterocycles. The Labute approximate surface area is 102 Å². The molecule has 2 unspecified atom stereocenters. The number of hydrogen-bond acceptors (Lipinski definition) is 1. The summed E-state index contributed by atoms with van der Waals surface area (Å²) in [6.45, 7) is 11.9. The van der Waals surface area contributed by atoms with Crippen LogP contribution in [0.5, 0.6) is 0 Å². The Morgan fingerprint density at radius 3 is 2.50 bits per heavy atom. The van der Waals surface area contributed by atoms with Crippen LogP contribution >= 0.6 is 0 Å². The predicted molar refractivity (Wildman–Crippen MR) is 72.7 cm³/mol. The quantitative estimate of drug-likeness (QED) is 0.667. The van der Waals surface area contributed by atoms with Crippen molar-refractivity contribution in [1.82, 2.24) is 5.32 Å². The van der Waals surface area contributed by atoms with Crippen molar-refractivity contribution in [3.05, 3.63) is 0 Å². The summed E-state index contributed by atoms with van der Waals surface area (Å²) in [4.78, 5) is 0. The molecule has 1 rings (SSSR count). The van der Waals surface area contributed by atoms with Gasteiger partial charge in [0, 0.05) is 0 Å². The van der Waals surface area contributed by atoms with Gasteiger partial charge in [-0.1, -0.05) is 40.5 Å². The molecule has 0 amide bonds. The van der Waals surface area contributed by atoms with Crippen LogP contribution in [0.25, 0.3) is 0 Å². The molecule has 0 heterocycles. The van der Waals surface area contributed by atoms with E-state index in [9.17, 15) is 0 Å². The Bertz CT molecular complexity index is 186. The van der Waals surface area contributed by atoms with Crippen molar-refractivity contribution in [3.63, 3.8) is 0 Å². The summed E-state index contributed by atoms with van der Waals surface area (Å²) in [7, 11) is 0. The highest BCUT2D eigenvalue weighted by molar-refractivity contribution is 4.85. The summed E-state index contributed by atoms with van der Waals surface area (Å²) in [6, 6.07) is 0. The highest BCUT2D eigenvalue weighted by Gasteiger charge is 2.33. The van der Waals surface area contributed by atoms with E-state index in [-0.39, 0.29) is 0 Å². The van der Waals surface area contributed by atoms with Gasteiger partial charge in [0.15, 0.2) is 0 Å². The van der Waals surface area contributed by atoms with Crippen molar-refractivity contribution in [2.24, 2.45) is 17.3 Å². The van der Waals surface area contributed by atoms with Crippen molar-refractivity contribution in [1.29, 1.82) is 0 Å². The van der Waals surface area contributed by atoms with Crippen molar-refractivity contribution < 1.29 is 0 Å². The van der Waals surface area contributed by atoms with Gasteiger partial charge in [-0.15, -0.1) is 0 Å². The second-order valence-electron chi connectivity index (χ2n) is 6.42. The van der Waals surface area contributed by atoms with Crippen LogP contribution in [-0.2, 0) is 0 Å². The fraction of sp³-hybridized carbons (Fsp3) is 1.00. The lowest BCUT2D eigenvalue weighted by Gasteiger charge is -2.41. The van der Waals surface area contributed by atoms with Gasteiger partial charge < -0.3 is 5.32 Å². The van der Waals surface area contributed by atoms with Crippen LogP contribution in [0, 0.1) is 17.3 Å². The maximum Gasteiger partial charge on any atom is -0.00179 e. The molecule has 0 aromatic carbocycles. The average molecular weight is 225 g/mol. The zero-order valence-corrected chi connectivity index (χ0v) is 11.8. The van der Waals surface area contributed by atoms with Crippen molar-refractivity contribution >= 4 is 0 Å². The first kappa shape index (κ1) is 14.0. The number of hydrogen-bond donors (Lipinski definition) is 1. The van der Waals surface area contributed by atoms with Crippen LogP contribution in [0.2, 0.25) is 0 Å². The summed E-state index contributed by atoms with van der Waals surface area (Å²) < 4.78 is 0. The molecule has 2 atom stereocenters. The summed E-state index contributed by atoms with van der Waals surface area (Å²) in [6.07, 6.45) is 8.35. The van der Waals surface area contributed by atoms with Crippen molar-refractivity contribution in [2.75, 3.05) is 13.1 Å². The third kappa shape index (κ3) is 4.45. The van der Waals surface area contributed by atoms with Gasteiger partial charge in [0.05, 0.1) is 0 Å². The summed E-state index contributed by atoms with van der Waals surface area (Å²) in [5.41, 5.74) is 0.598. The van der Waals surface area contributed by atoms with Gasteiger partial charge in [-0.2, -0.15) is 0 Å². The lowest BCUT2D eigenvalue weighted by Crippen LogP contribution is -2.36. The van der Waals surface area contributed by atoms with Crippen LogP contribution in [0.15, 0.2) is 0 Å². The van der Waals surface area contributed by atoms with Gasteiger partial charge in [-0.3, -0.25) is 0 Å². The minimum atomic E-state index is 0.598. The minimum Gasteiger partial charge on any atom is -0.316 e. The van der Waals surface area contributed by atoms with Crippen LogP contribution in [0.3, 0.4) is 0 Å². The standard InChI is InChI=1S/C15H31N/c1-5-7-13-11-15(3,4)9-8-14(13)12-16-10-6-2/h13-14,16H,5-12H2,1-4H3. The van der Waals surface area contributed by atoms with E-state index in [1.165, 1.54) is 51.6 Å². The number of rotatable bonds is 6. The first-order chi connectivity index (χ1) is 7.59. The SMILES string of the molecule is CCCNCC1CCC(C)(C)CC1CCC. The molecule has 0 spiro atoms. The Kier molecular flexibility index (Phi) is 5.82. The summed E-state index contributed by atoms with van der Waals surface area (Å²) >= 11 is 0. The molecule has 1 nitrogen and oxygen atoms in total. The van der Waals surface area contributed by atoms with E-state index < -0.39 is 0 Å². The lowest BCUT2D eigenvalue weighted by atomic mass is 9.66. The minimum absolute atomic E-state index is 0.598. The molecular weight excluding hydrogens is 194 g/mol. The van der Waals surface area contributed by atoms with Gasteiger partial charge in [-0.25, -0.2) is 0 Å². The van der Waals surface area contributed by atoms with E-state index in [4.69, 9.17) is 0 Å². The van der Waals surface area contributed by atoms with E-state index in [1.54, 1.807) is 0 Å². The van der Waals surface area contributed by atoms with E-state index >= 15 is 0 Å². The fourth-order valence-electron chi connectivity index (χ4n) is 3.23. The van der Waals surface area contributed by atoms with Gasteiger partial charge in [0.2, 0.25) is 0 Å². The molecule has 1 saturated carbocycles. The van der Waals surface area contributed by atoms with Crippen LogP contribution < -0.4 is 5.32 Å². The zero-order chi connectivity index (χ0) is 12.0. The Morgan fingerprint density at radius 2 is 1.88 bits per heavy atom. The van der Waals surface area contributed by atoms with E-state index in [2.05, 4.69) is 33.0 Å². The first-order valence-corrected chi connectivity index (χ1v) is 7.29. The highest BCUT2D eigenvalue weighted by atomic mass is 14.9. The summed E-state index contributed by atoms with van der Waals surface area (Å²) in [5.74, 6) is 1.91. The van der Waals surface area contributed by atoms with Crippen molar-refractivity contribution in [2.45, 2.75) is 66.2 Å². The molecule has 0 bridgehead atoms. The Balaban J connectivity index is 2.41. The predicted octanol–water partition coefficient (Wildman–Crippen LogP) is 4.23. The molecule has 0 aromatic rings. The summed E-state index contributed by atoms with van der Waals surface area (Å²) in [5, 5.41) is 3.62. The topological polar surface area (TPSA) is 12.0 Å². The van der Waals surface area contributed by atoms with E-state index in [1.807, 2.05) is 0 Å². The molecule has 1 fully saturated rings. The normalized spacial score (nSPS) is 29.2. The number of nitrogens with one attached hydrogen (secondary N) is 1. The largest absolute Gasteiger partial charge is 0.316 e. The Morgan fingerprint density at radius 1 is 1.12 bits per heavy atom. The van der Waals surface area contributed by atoms with Gasteiger partial charge in [0.25, 0.3) is 0 Å². The second-order valence-corrected chi connectivity index (χ2v) is 6.42. The molecule has 16 heavy (non-hydrogen) atoms. The van der Waals surface area contributed by atoms with Crippen LogP contribution in [-0.4, -0.2) is 13.1 Å². The monoisotopic (exact) mass is 225 g/mol. The highest BCUT2D eigenvalue weighted by Crippen LogP contribution is 2.43. The average Bonchev–Trinajstić information content (AvgIpc) is 2.21. The van der Waals surface area contributed by atoms with E-state index in [0.717, 1.165) is 11.8 Å². The molecule has 0 radical (unpaired) electrons. The molecule has 0 aromatic heterocycles. The lowest BCUT2D eigenvalue weighted by molar-refractivity contribution is 0.109. The van der Waals surface area contributed by atoms with Gasteiger partial charge in [-0.05, 0) is 56.0 Å².